The Labute approximate surface area is 177 Å². The van der Waals surface area contributed by atoms with E-state index in [2.05, 4.69) is 0 Å². The third kappa shape index (κ3) is 3.44. The molecule has 0 radical (unpaired) electrons. The lowest BCUT2D eigenvalue weighted by Crippen LogP contribution is -2.49. The Kier molecular flexibility index (Phi) is 4.90. The van der Waals surface area contributed by atoms with Crippen LogP contribution in [0.3, 0.4) is 0 Å². The van der Waals surface area contributed by atoms with Crippen molar-refractivity contribution < 1.29 is 28.2 Å². The topological polar surface area (TPSA) is 98.5 Å². The Hall–Kier alpha value is -3.33. The summed E-state index contributed by atoms with van der Waals surface area (Å²) in [4.78, 5) is 40.2. The molecule has 0 N–H and O–H groups in total. The molecule has 1 atom stereocenters. The second-order valence-electron chi connectivity index (χ2n) is 7.76. The smallest absolute Gasteiger partial charge is 0.354 e. The summed E-state index contributed by atoms with van der Waals surface area (Å²) in [6, 6.07) is 6.56. The number of esters is 1. The maximum absolute atomic E-state index is 12.7. The molecule has 4 heterocycles. The first-order chi connectivity index (χ1) is 15.0. The molecule has 1 aromatic heterocycles. The van der Waals surface area contributed by atoms with Gasteiger partial charge in [-0.3, -0.25) is 9.59 Å². The van der Waals surface area contributed by atoms with Crippen molar-refractivity contribution >= 4 is 28.7 Å². The summed E-state index contributed by atoms with van der Waals surface area (Å²) in [5, 5.41) is 0.419. The molecule has 3 aliphatic heterocycles. The number of morpholine rings is 1. The number of amides is 1. The average Bonchev–Trinajstić information content (AvgIpc) is 3.09. The summed E-state index contributed by atoms with van der Waals surface area (Å²) in [7, 11) is 1.29. The summed E-state index contributed by atoms with van der Waals surface area (Å²) >= 11 is 0. The summed E-state index contributed by atoms with van der Waals surface area (Å²) in [6.45, 7) is 2.68. The molecule has 3 aliphatic rings. The van der Waals surface area contributed by atoms with E-state index in [0.29, 0.717) is 61.7 Å². The highest BCUT2D eigenvalue weighted by Gasteiger charge is 2.47. The Morgan fingerprint density at radius 1 is 1.16 bits per heavy atom. The minimum absolute atomic E-state index is 0.00227. The second kappa shape index (κ2) is 7.73. The van der Waals surface area contributed by atoms with Crippen LogP contribution in [-0.2, 0) is 19.1 Å². The molecule has 1 amide bonds. The van der Waals surface area contributed by atoms with Crippen molar-refractivity contribution in [3.8, 4) is 5.75 Å². The second-order valence-corrected chi connectivity index (χ2v) is 7.76. The average molecular weight is 426 g/mol. The van der Waals surface area contributed by atoms with Crippen LogP contribution in [0.25, 0.3) is 11.0 Å². The zero-order valence-electron chi connectivity index (χ0n) is 17.1. The van der Waals surface area contributed by atoms with Gasteiger partial charge < -0.3 is 28.4 Å². The predicted molar refractivity (Wildman–Crippen MR) is 110 cm³/mol. The molecule has 0 saturated carbocycles. The van der Waals surface area contributed by atoms with E-state index in [9.17, 15) is 14.4 Å². The van der Waals surface area contributed by atoms with Gasteiger partial charge in [-0.1, -0.05) is 0 Å². The van der Waals surface area contributed by atoms with Crippen molar-refractivity contribution in [3.63, 3.8) is 0 Å². The Balaban J connectivity index is 1.37. The standard InChI is InChI=1S/C22H22N2O7/c1-28-22(27)21-13(8-14-9-19(26)24(14)21)12-30-15-2-3-18-16(10-15)17(25)11-20(31-18)23-4-6-29-7-5-23/h2-3,10-11,14H,4-9,12H2,1H3/t14-/m1/s1. The fraction of sp³-hybridized carbons (Fsp3) is 0.409. The van der Waals surface area contributed by atoms with Crippen molar-refractivity contribution in [1.82, 2.24) is 4.90 Å². The van der Waals surface area contributed by atoms with E-state index in [1.807, 2.05) is 4.90 Å². The highest BCUT2D eigenvalue weighted by atomic mass is 16.5. The van der Waals surface area contributed by atoms with Gasteiger partial charge in [0.2, 0.25) is 5.91 Å². The van der Waals surface area contributed by atoms with Crippen molar-refractivity contribution in [3.05, 3.63) is 45.8 Å². The highest BCUT2D eigenvalue weighted by Crippen LogP contribution is 2.39. The molecule has 0 bridgehead atoms. The normalized spacial score (nSPS) is 20.7. The molecule has 9 heteroatoms. The molecule has 2 aromatic rings. The molecule has 2 fully saturated rings. The molecular formula is C22H22N2O7. The number of rotatable bonds is 5. The van der Waals surface area contributed by atoms with Gasteiger partial charge in [-0.25, -0.2) is 4.79 Å². The summed E-state index contributed by atoms with van der Waals surface area (Å²) in [5.74, 6) is 0.391. The molecule has 5 rings (SSSR count). The highest BCUT2D eigenvalue weighted by molar-refractivity contribution is 5.99. The maximum Gasteiger partial charge on any atom is 0.354 e. The zero-order valence-corrected chi connectivity index (χ0v) is 17.1. The molecule has 2 saturated heterocycles. The molecule has 31 heavy (non-hydrogen) atoms. The third-order valence-electron chi connectivity index (χ3n) is 5.90. The van der Waals surface area contributed by atoms with Gasteiger partial charge in [-0.2, -0.15) is 0 Å². The number of fused-ring (bicyclic) bond motifs is 2. The third-order valence-corrected chi connectivity index (χ3v) is 5.90. The molecular weight excluding hydrogens is 404 g/mol. The van der Waals surface area contributed by atoms with Crippen LogP contribution in [0.5, 0.6) is 5.75 Å². The number of ether oxygens (including phenoxy) is 3. The van der Waals surface area contributed by atoms with Crippen LogP contribution in [0.2, 0.25) is 0 Å². The molecule has 9 nitrogen and oxygen atoms in total. The van der Waals surface area contributed by atoms with Crippen LogP contribution in [0.15, 0.2) is 44.7 Å². The SMILES string of the molecule is COC(=O)C1=C(COc2ccc3oc(N4CCOCC4)cc(=O)c3c2)C[C@@H]2CC(=O)N12. The first kappa shape index (κ1) is 19.6. The quantitative estimate of drug-likeness (QED) is 0.523. The minimum atomic E-state index is -0.538. The van der Waals surface area contributed by atoms with Crippen LogP contribution >= 0.6 is 0 Å². The van der Waals surface area contributed by atoms with Crippen LogP contribution in [0, 0.1) is 0 Å². The number of β-lactam (4-membered cyclic amide) rings is 1. The van der Waals surface area contributed by atoms with Crippen molar-refractivity contribution in [1.29, 1.82) is 0 Å². The van der Waals surface area contributed by atoms with E-state index in [4.69, 9.17) is 18.6 Å². The van der Waals surface area contributed by atoms with Gasteiger partial charge in [0.1, 0.15) is 23.6 Å². The lowest BCUT2D eigenvalue weighted by Gasteiger charge is -2.35. The van der Waals surface area contributed by atoms with Gasteiger partial charge in [0.15, 0.2) is 11.3 Å². The fourth-order valence-corrected chi connectivity index (χ4v) is 4.29. The van der Waals surface area contributed by atoms with E-state index in [1.54, 1.807) is 18.2 Å². The van der Waals surface area contributed by atoms with Gasteiger partial charge in [-0.15, -0.1) is 0 Å². The Morgan fingerprint density at radius 2 is 1.97 bits per heavy atom. The van der Waals surface area contributed by atoms with Crippen LogP contribution in [-0.4, -0.2) is 62.8 Å². The van der Waals surface area contributed by atoms with Gasteiger partial charge >= 0.3 is 5.97 Å². The zero-order chi connectivity index (χ0) is 21.5. The fourth-order valence-electron chi connectivity index (χ4n) is 4.29. The molecule has 162 valence electrons. The largest absolute Gasteiger partial charge is 0.489 e. The number of carbonyl (C=O) groups is 2. The monoisotopic (exact) mass is 426 g/mol. The number of anilines is 1. The number of benzene rings is 1. The number of carbonyl (C=O) groups excluding carboxylic acids is 2. The lowest BCUT2D eigenvalue weighted by atomic mass is 10.0. The van der Waals surface area contributed by atoms with Gasteiger partial charge in [-0.05, 0) is 24.6 Å². The van der Waals surface area contributed by atoms with E-state index in [-0.39, 0.29) is 29.7 Å². The first-order valence-corrected chi connectivity index (χ1v) is 10.2. The lowest BCUT2D eigenvalue weighted by molar-refractivity contribution is -0.148. The van der Waals surface area contributed by atoms with Gasteiger partial charge in [0.25, 0.3) is 0 Å². The number of hydrogen-bond acceptors (Lipinski definition) is 8. The van der Waals surface area contributed by atoms with Crippen LogP contribution in [0.4, 0.5) is 5.88 Å². The molecule has 0 aliphatic carbocycles. The number of hydrogen-bond donors (Lipinski definition) is 0. The Morgan fingerprint density at radius 3 is 2.71 bits per heavy atom. The van der Waals surface area contributed by atoms with E-state index in [1.165, 1.54) is 18.1 Å². The summed E-state index contributed by atoms with van der Waals surface area (Å²) in [5.41, 5.74) is 1.32. The Bertz CT molecular complexity index is 1150. The summed E-state index contributed by atoms with van der Waals surface area (Å²) in [6.07, 6.45) is 1.00. The maximum atomic E-state index is 12.7. The van der Waals surface area contributed by atoms with Crippen LogP contribution < -0.4 is 15.1 Å². The molecule has 0 unspecified atom stereocenters. The minimum Gasteiger partial charge on any atom is -0.489 e. The van der Waals surface area contributed by atoms with Gasteiger partial charge in [0, 0.05) is 37.2 Å². The predicted octanol–water partition coefficient (Wildman–Crippen LogP) is 1.44. The first-order valence-electron chi connectivity index (χ1n) is 10.2. The van der Waals surface area contributed by atoms with Crippen LogP contribution in [0.1, 0.15) is 12.8 Å². The number of methoxy groups -OCH3 is 1. The van der Waals surface area contributed by atoms with Crippen molar-refractivity contribution in [2.24, 2.45) is 0 Å². The molecule has 1 aromatic carbocycles. The van der Waals surface area contributed by atoms with Gasteiger partial charge in [0.05, 0.1) is 25.7 Å². The van der Waals surface area contributed by atoms with E-state index >= 15 is 0 Å². The number of nitrogens with zero attached hydrogens (tertiary/aromatic N) is 2. The van der Waals surface area contributed by atoms with E-state index < -0.39 is 5.97 Å². The van der Waals surface area contributed by atoms with Crippen molar-refractivity contribution in [2.75, 3.05) is 44.9 Å². The molecule has 0 spiro atoms. The summed E-state index contributed by atoms with van der Waals surface area (Å²) < 4.78 is 22.0. The van der Waals surface area contributed by atoms with Crippen molar-refractivity contribution in [2.45, 2.75) is 18.9 Å². The van der Waals surface area contributed by atoms with E-state index in [0.717, 1.165) is 5.57 Å².